The molecule has 0 amide bonds. The van der Waals surface area contributed by atoms with Crippen LogP contribution in [0.4, 0.5) is 0 Å². The van der Waals surface area contributed by atoms with E-state index in [1.165, 1.54) is 12.6 Å². The molecule has 16 heavy (non-hydrogen) atoms. The molecule has 0 aliphatic rings. The van der Waals surface area contributed by atoms with E-state index >= 15 is 0 Å². The second-order valence-corrected chi connectivity index (χ2v) is 11.0. The highest BCUT2D eigenvalue weighted by Gasteiger charge is 2.32. The lowest BCUT2D eigenvalue weighted by Gasteiger charge is -2.41. The molecule has 0 heterocycles. The first-order valence-corrected chi connectivity index (χ1v) is 8.00. The summed E-state index contributed by atoms with van der Waals surface area (Å²) in [6.45, 7) is 18.9. The van der Waals surface area contributed by atoms with Crippen LogP contribution in [0.25, 0.3) is 0 Å². The van der Waals surface area contributed by atoms with E-state index < -0.39 is 0 Å². The Morgan fingerprint density at radius 3 is 1.62 bits per heavy atom. The smallest absolute Gasteiger partial charge is 0.0135 e. The Hall–Kier alpha value is 0.170. The molecule has 0 aromatic rings. The van der Waals surface area contributed by atoms with Gasteiger partial charge in [-0.15, -0.1) is 0 Å². The molecule has 0 saturated heterocycles. The fourth-order valence-electron chi connectivity index (χ4n) is 2.10. The van der Waals surface area contributed by atoms with Crippen LogP contribution in [-0.4, -0.2) is 16.5 Å². The van der Waals surface area contributed by atoms with Gasteiger partial charge in [0.1, 0.15) is 0 Å². The van der Waals surface area contributed by atoms with Crippen molar-refractivity contribution in [3.8, 4) is 0 Å². The Balaban J connectivity index is 4.42. The van der Waals surface area contributed by atoms with Crippen LogP contribution in [0.5, 0.6) is 0 Å². The molecular formula is C15H31P. The highest BCUT2D eigenvalue weighted by molar-refractivity contribution is 7.61. The number of hydrogen-bond donors (Lipinski definition) is 0. The summed E-state index contributed by atoms with van der Waals surface area (Å²) < 4.78 is 0. The first kappa shape index (κ1) is 16.2. The Bertz CT molecular complexity index is 199. The number of allylic oxidation sites excluding steroid dienone is 2. The van der Waals surface area contributed by atoms with Gasteiger partial charge in [-0.3, -0.25) is 0 Å². The molecule has 0 aliphatic carbocycles. The highest BCUT2D eigenvalue weighted by atomic mass is 31.1. The van der Waals surface area contributed by atoms with E-state index in [4.69, 9.17) is 0 Å². The maximum absolute atomic E-state index is 2.42. The van der Waals surface area contributed by atoms with Crippen LogP contribution in [0.2, 0.25) is 0 Å². The van der Waals surface area contributed by atoms with Crippen LogP contribution < -0.4 is 0 Å². The fraction of sp³-hybridized carbons (Fsp3) is 0.867. The van der Waals surface area contributed by atoms with Gasteiger partial charge in [-0.1, -0.05) is 75.5 Å². The largest absolute Gasteiger partial charge is 0.0918 e. The molecular weight excluding hydrogens is 211 g/mol. The van der Waals surface area contributed by atoms with Gasteiger partial charge in [0.25, 0.3) is 0 Å². The average Bonchev–Trinajstić information content (AvgIpc) is 1.97. The fourth-order valence-corrected chi connectivity index (χ4v) is 5.57. The van der Waals surface area contributed by atoms with Crippen molar-refractivity contribution >= 4 is 7.92 Å². The Kier molecular flexibility index (Phi) is 6.26. The zero-order valence-electron chi connectivity index (χ0n) is 12.6. The van der Waals surface area contributed by atoms with Gasteiger partial charge in [-0.2, -0.15) is 0 Å². The zero-order valence-corrected chi connectivity index (χ0v) is 13.5. The van der Waals surface area contributed by atoms with Gasteiger partial charge < -0.3 is 0 Å². The van der Waals surface area contributed by atoms with Crippen molar-refractivity contribution in [3.05, 3.63) is 12.2 Å². The van der Waals surface area contributed by atoms with Crippen LogP contribution in [-0.2, 0) is 0 Å². The second-order valence-electron chi connectivity index (χ2n) is 7.05. The molecule has 1 heteroatoms. The molecule has 0 N–H and O–H groups in total. The van der Waals surface area contributed by atoms with Crippen molar-refractivity contribution in [2.24, 2.45) is 5.92 Å². The van der Waals surface area contributed by atoms with Crippen molar-refractivity contribution < 1.29 is 0 Å². The van der Waals surface area contributed by atoms with Gasteiger partial charge in [0, 0.05) is 0 Å². The molecule has 0 bridgehead atoms. The van der Waals surface area contributed by atoms with E-state index in [1.54, 1.807) is 0 Å². The van der Waals surface area contributed by atoms with Gasteiger partial charge in [0.15, 0.2) is 0 Å². The SMILES string of the molecule is CC(C)CC=CCP(C(C)(C)C)C(C)(C)C. The summed E-state index contributed by atoms with van der Waals surface area (Å²) in [4.78, 5) is 0. The molecule has 0 fully saturated rings. The Morgan fingerprint density at radius 2 is 1.31 bits per heavy atom. The minimum atomic E-state index is 0.0396. The molecule has 0 aliphatic heterocycles. The molecule has 0 rings (SSSR count). The topological polar surface area (TPSA) is 0 Å². The maximum Gasteiger partial charge on any atom is -0.0135 e. The van der Waals surface area contributed by atoms with Gasteiger partial charge >= 0.3 is 0 Å². The minimum absolute atomic E-state index is 0.0396. The van der Waals surface area contributed by atoms with E-state index in [1.807, 2.05) is 0 Å². The van der Waals surface area contributed by atoms with E-state index in [2.05, 4.69) is 67.5 Å². The van der Waals surface area contributed by atoms with E-state index in [0.29, 0.717) is 10.3 Å². The molecule has 0 unspecified atom stereocenters. The molecule has 0 aromatic carbocycles. The van der Waals surface area contributed by atoms with Gasteiger partial charge in [-0.25, -0.2) is 0 Å². The summed E-state index contributed by atoms with van der Waals surface area (Å²) in [5.74, 6) is 0.784. The molecule has 0 aromatic heterocycles. The predicted molar refractivity (Wildman–Crippen MR) is 79.9 cm³/mol. The summed E-state index contributed by atoms with van der Waals surface area (Å²) in [5, 5.41) is 0.908. The molecule has 96 valence electrons. The van der Waals surface area contributed by atoms with Crippen LogP contribution in [0.15, 0.2) is 12.2 Å². The van der Waals surface area contributed by atoms with E-state index in [9.17, 15) is 0 Å². The molecule has 0 saturated carbocycles. The number of rotatable bonds is 4. The van der Waals surface area contributed by atoms with E-state index in [-0.39, 0.29) is 7.92 Å². The lowest BCUT2D eigenvalue weighted by Crippen LogP contribution is -2.26. The molecule has 0 radical (unpaired) electrons. The quantitative estimate of drug-likeness (QED) is 0.440. The third-order valence-corrected chi connectivity index (χ3v) is 6.50. The van der Waals surface area contributed by atoms with Crippen molar-refractivity contribution in [2.45, 2.75) is 72.1 Å². The maximum atomic E-state index is 2.42. The molecule has 0 spiro atoms. The van der Waals surface area contributed by atoms with Crippen molar-refractivity contribution in [2.75, 3.05) is 6.16 Å². The summed E-state index contributed by atoms with van der Waals surface area (Å²) in [6, 6.07) is 0. The van der Waals surface area contributed by atoms with Crippen molar-refractivity contribution in [1.29, 1.82) is 0 Å². The minimum Gasteiger partial charge on any atom is -0.0918 e. The van der Waals surface area contributed by atoms with Crippen LogP contribution >= 0.6 is 7.92 Å². The average molecular weight is 242 g/mol. The first-order valence-electron chi connectivity index (χ1n) is 6.48. The second kappa shape index (κ2) is 6.20. The summed E-state index contributed by atoms with van der Waals surface area (Å²) in [7, 11) is 0.0396. The highest BCUT2D eigenvalue weighted by Crippen LogP contribution is 2.59. The van der Waals surface area contributed by atoms with Crippen molar-refractivity contribution in [1.82, 2.24) is 0 Å². The van der Waals surface area contributed by atoms with Gasteiger partial charge in [-0.05, 0) is 28.8 Å². The monoisotopic (exact) mass is 242 g/mol. The molecule has 0 nitrogen and oxygen atoms in total. The first-order chi connectivity index (χ1) is 7.05. The Labute approximate surface area is 105 Å². The van der Waals surface area contributed by atoms with Crippen LogP contribution in [0, 0.1) is 5.92 Å². The molecule has 0 atom stereocenters. The van der Waals surface area contributed by atoms with Gasteiger partial charge in [0.2, 0.25) is 0 Å². The van der Waals surface area contributed by atoms with Crippen LogP contribution in [0.3, 0.4) is 0 Å². The third-order valence-electron chi connectivity index (χ3n) is 2.68. The normalized spacial score (nSPS) is 14.4. The summed E-state index contributed by atoms with van der Waals surface area (Å²) in [6.07, 6.45) is 7.28. The number of hydrogen-bond acceptors (Lipinski definition) is 0. The lowest BCUT2D eigenvalue weighted by molar-refractivity contribution is 0.663. The summed E-state index contributed by atoms with van der Waals surface area (Å²) in [5.41, 5.74) is 0. The van der Waals surface area contributed by atoms with E-state index in [0.717, 1.165) is 5.92 Å². The predicted octanol–water partition coefficient (Wildman–Crippen LogP) is 5.67. The van der Waals surface area contributed by atoms with Crippen molar-refractivity contribution in [3.63, 3.8) is 0 Å². The third kappa shape index (κ3) is 6.69. The van der Waals surface area contributed by atoms with Crippen LogP contribution in [0.1, 0.15) is 61.8 Å². The lowest BCUT2D eigenvalue weighted by atomic mass is 10.1. The standard InChI is InChI=1S/C15H31P/c1-13(2)11-9-10-12-16(14(3,4)5)15(6,7)8/h9-10,13H,11-12H2,1-8H3. The zero-order chi connectivity index (χ0) is 13.0. The summed E-state index contributed by atoms with van der Waals surface area (Å²) >= 11 is 0. The Morgan fingerprint density at radius 1 is 0.875 bits per heavy atom. The van der Waals surface area contributed by atoms with Gasteiger partial charge in [0.05, 0.1) is 0 Å².